The molecule has 3 aromatic rings. The second kappa shape index (κ2) is 6.38. The molecule has 2 heterocycles. The number of anilines is 1. The van der Waals surface area contributed by atoms with Crippen LogP contribution in [0.3, 0.4) is 0 Å². The molecule has 0 saturated carbocycles. The number of esters is 1. The zero-order chi connectivity index (χ0) is 16.4. The summed E-state index contributed by atoms with van der Waals surface area (Å²) < 4.78 is 4.78. The van der Waals surface area contributed by atoms with E-state index in [1.54, 1.807) is 18.3 Å². The van der Waals surface area contributed by atoms with E-state index in [4.69, 9.17) is 9.72 Å². The standard InChI is InChI=1S/C18H18N2O2S/c1-11-16(15-9-6-10-23-15)13-7-4-5-8-14(13)17(19-11)20-12(2)18(21)22-3/h4-10,12H,1-3H3,(H,19,20). The molecule has 0 bridgehead atoms. The molecule has 1 aromatic carbocycles. The molecule has 0 radical (unpaired) electrons. The van der Waals surface area contributed by atoms with Gasteiger partial charge in [-0.25, -0.2) is 9.78 Å². The summed E-state index contributed by atoms with van der Waals surface area (Å²) in [7, 11) is 1.39. The van der Waals surface area contributed by atoms with E-state index in [0.717, 1.165) is 22.0 Å². The Morgan fingerprint density at radius 3 is 2.61 bits per heavy atom. The van der Waals surface area contributed by atoms with E-state index in [1.807, 2.05) is 31.2 Å². The van der Waals surface area contributed by atoms with Gasteiger partial charge in [0.2, 0.25) is 0 Å². The second-order valence-corrected chi connectivity index (χ2v) is 6.28. The van der Waals surface area contributed by atoms with Crippen LogP contribution in [0.1, 0.15) is 12.6 Å². The Balaban J connectivity index is 2.15. The Labute approximate surface area is 139 Å². The number of fused-ring (bicyclic) bond motifs is 1. The first-order valence-corrected chi connectivity index (χ1v) is 8.27. The first-order valence-electron chi connectivity index (χ1n) is 7.39. The fraction of sp³-hybridized carbons (Fsp3) is 0.222. The van der Waals surface area contributed by atoms with Gasteiger partial charge < -0.3 is 10.1 Å². The van der Waals surface area contributed by atoms with Gasteiger partial charge in [-0.2, -0.15) is 0 Å². The minimum atomic E-state index is -0.456. The minimum absolute atomic E-state index is 0.309. The van der Waals surface area contributed by atoms with Gasteiger partial charge >= 0.3 is 5.97 Å². The molecule has 1 atom stereocenters. The second-order valence-electron chi connectivity index (χ2n) is 5.33. The highest BCUT2D eigenvalue weighted by Gasteiger charge is 2.18. The van der Waals surface area contributed by atoms with Gasteiger partial charge in [-0.1, -0.05) is 30.3 Å². The van der Waals surface area contributed by atoms with Crippen molar-refractivity contribution in [3.8, 4) is 10.4 Å². The van der Waals surface area contributed by atoms with Gasteiger partial charge in [0, 0.05) is 21.5 Å². The molecule has 0 fully saturated rings. The molecule has 0 saturated heterocycles. The van der Waals surface area contributed by atoms with Crippen molar-refractivity contribution in [1.82, 2.24) is 4.98 Å². The first kappa shape index (κ1) is 15.5. The Morgan fingerprint density at radius 2 is 1.96 bits per heavy atom. The first-order chi connectivity index (χ1) is 11.1. The predicted molar refractivity (Wildman–Crippen MR) is 94.9 cm³/mol. The summed E-state index contributed by atoms with van der Waals surface area (Å²) in [6, 6.07) is 11.8. The third kappa shape index (κ3) is 2.92. The molecule has 2 aromatic heterocycles. The summed E-state index contributed by atoms with van der Waals surface area (Å²) in [5.74, 6) is 0.396. The van der Waals surface area contributed by atoms with Gasteiger partial charge in [0.15, 0.2) is 0 Å². The monoisotopic (exact) mass is 326 g/mol. The van der Waals surface area contributed by atoms with Gasteiger partial charge in [-0.15, -0.1) is 11.3 Å². The summed E-state index contributed by atoms with van der Waals surface area (Å²) in [6.45, 7) is 3.76. The molecule has 118 valence electrons. The molecule has 5 heteroatoms. The number of hydrogen-bond acceptors (Lipinski definition) is 5. The van der Waals surface area contributed by atoms with Crippen molar-refractivity contribution >= 4 is 33.9 Å². The van der Waals surface area contributed by atoms with Crippen molar-refractivity contribution in [3.05, 3.63) is 47.5 Å². The number of carbonyl (C=O) groups is 1. The number of carbonyl (C=O) groups excluding carboxylic acids is 1. The van der Waals surface area contributed by atoms with Gasteiger partial charge in [-0.05, 0) is 30.7 Å². The summed E-state index contributed by atoms with van der Waals surface area (Å²) in [6.07, 6.45) is 0. The van der Waals surface area contributed by atoms with Crippen molar-refractivity contribution in [2.75, 3.05) is 12.4 Å². The van der Waals surface area contributed by atoms with Crippen molar-refractivity contribution in [1.29, 1.82) is 0 Å². The number of nitrogens with one attached hydrogen (secondary N) is 1. The molecule has 0 aliphatic carbocycles. The number of rotatable bonds is 4. The number of thiophene rings is 1. The molecule has 0 amide bonds. The van der Waals surface area contributed by atoms with Gasteiger partial charge in [0.05, 0.1) is 7.11 Å². The maximum atomic E-state index is 11.7. The van der Waals surface area contributed by atoms with E-state index in [-0.39, 0.29) is 5.97 Å². The lowest BCUT2D eigenvalue weighted by atomic mass is 10.0. The van der Waals surface area contributed by atoms with Crippen LogP contribution >= 0.6 is 11.3 Å². The highest BCUT2D eigenvalue weighted by Crippen LogP contribution is 2.36. The van der Waals surface area contributed by atoms with Gasteiger partial charge in [0.25, 0.3) is 0 Å². The minimum Gasteiger partial charge on any atom is -0.467 e. The third-order valence-corrected chi connectivity index (χ3v) is 4.66. The normalized spacial score (nSPS) is 12.1. The Bertz CT molecular complexity index is 844. The topological polar surface area (TPSA) is 51.2 Å². The number of aromatic nitrogens is 1. The van der Waals surface area contributed by atoms with Crippen LogP contribution in [0.15, 0.2) is 41.8 Å². The molecule has 23 heavy (non-hydrogen) atoms. The summed E-state index contributed by atoms with van der Waals surface area (Å²) >= 11 is 1.70. The molecule has 1 N–H and O–H groups in total. The molecule has 4 nitrogen and oxygen atoms in total. The van der Waals surface area contributed by atoms with Crippen molar-refractivity contribution < 1.29 is 9.53 Å². The Kier molecular flexibility index (Phi) is 4.30. The van der Waals surface area contributed by atoms with Crippen LogP contribution in [0.25, 0.3) is 21.2 Å². The lowest BCUT2D eigenvalue weighted by molar-refractivity contribution is -0.141. The molecular weight excluding hydrogens is 308 g/mol. The molecule has 0 aliphatic rings. The molecule has 0 spiro atoms. The predicted octanol–water partition coefficient (Wildman–Crippen LogP) is 4.25. The largest absolute Gasteiger partial charge is 0.467 e. The number of ether oxygens (including phenoxy) is 1. The highest BCUT2D eigenvalue weighted by molar-refractivity contribution is 7.13. The van der Waals surface area contributed by atoms with Crippen LogP contribution in [0, 0.1) is 6.92 Å². The molecule has 1 unspecified atom stereocenters. The molecule has 0 aliphatic heterocycles. The van der Waals surface area contributed by atoms with Crippen LogP contribution in [-0.4, -0.2) is 24.1 Å². The summed E-state index contributed by atoms with van der Waals surface area (Å²) in [5.41, 5.74) is 2.08. The molecule has 3 rings (SSSR count). The van der Waals surface area contributed by atoms with E-state index in [0.29, 0.717) is 5.82 Å². The smallest absolute Gasteiger partial charge is 0.328 e. The van der Waals surface area contributed by atoms with E-state index < -0.39 is 6.04 Å². The fourth-order valence-corrected chi connectivity index (χ4v) is 3.51. The maximum absolute atomic E-state index is 11.7. The highest BCUT2D eigenvalue weighted by atomic mass is 32.1. The van der Waals surface area contributed by atoms with Crippen LogP contribution in [-0.2, 0) is 9.53 Å². The Morgan fingerprint density at radius 1 is 1.22 bits per heavy atom. The van der Waals surface area contributed by atoms with E-state index >= 15 is 0 Å². The van der Waals surface area contributed by atoms with Crippen molar-refractivity contribution in [2.24, 2.45) is 0 Å². The van der Waals surface area contributed by atoms with Crippen molar-refractivity contribution in [2.45, 2.75) is 19.9 Å². The number of nitrogens with zero attached hydrogens (tertiary/aromatic N) is 1. The van der Waals surface area contributed by atoms with Crippen LogP contribution in [0.4, 0.5) is 5.82 Å². The SMILES string of the molecule is COC(=O)C(C)Nc1nc(C)c(-c2cccs2)c2ccccc12. The number of aryl methyl sites for hydroxylation is 1. The zero-order valence-electron chi connectivity index (χ0n) is 13.3. The van der Waals surface area contributed by atoms with Crippen LogP contribution < -0.4 is 5.32 Å². The summed E-state index contributed by atoms with van der Waals surface area (Å²) in [5, 5.41) is 7.36. The van der Waals surface area contributed by atoms with Gasteiger partial charge in [-0.3, -0.25) is 0 Å². The average Bonchev–Trinajstić information content (AvgIpc) is 3.08. The number of hydrogen-bond donors (Lipinski definition) is 1. The lowest BCUT2D eigenvalue weighted by Crippen LogP contribution is -2.27. The maximum Gasteiger partial charge on any atom is 0.328 e. The molecular formula is C18H18N2O2S. The fourth-order valence-electron chi connectivity index (χ4n) is 2.67. The summed E-state index contributed by atoms with van der Waals surface area (Å²) in [4.78, 5) is 17.6. The third-order valence-electron chi connectivity index (χ3n) is 3.77. The lowest BCUT2D eigenvalue weighted by Gasteiger charge is -2.17. The van der Waals surface area contributed by atoms with Gasteiger partial charge in [0.1, 0.15) is 11.9 Å². The van der Waals surface area contributed by atoms with Crippen LogP contribution in [0.2, 0.25) is 0 Å². The van der Waals surface area contributed by atoms with E-state index in [2.05, 4.69) is 22.8 Å². The Hall–Kier alpha value is -2.40. The number of methoxy groups -OCH3 is 1. The number of benzene rings is 1. The number of pyridine rings is 1. The van der Waals surface area contributed by atoms with Crippen LogP contribution in [0.5, 0.6) is 0 Å². The average molecular weight is 326 g/mol. The van der Waals surface area contributed by atoms with Crippen molar-refractivity contribution in [3.63, 3.8) is 0 Å². The van der Waals surface area contributed by atoms with E-state index in [9.17, 15) is 4.79 Å². The zero-order valence-corrected chi connectivity index (χ0v) is 14.1. The quantitative estimate of drug-likeness (QED) is 0.728. The van der Waals surface area contributed by atoms with E-state index in [1.165, 1.54) is 12.0 Å².